The molecule has 0 aliphatic carbocycles. The average molecular weight is 266 g/mol. The van der Waals surface area contributed by atoms with Crippen LogP contribution in [-0.2, 0) is 6.54 Å². The van der Waals surface area contributed by atoms with Crippen molar-refractivity contribution in [1.82, 2.24) is 20.1 Å². The number of hydrogen-bond acceptors (Lipinski definition) is 3. The summed E-state index contributed by atoms with van der Waals surface area (Å²) in [4.78, 5) is 4.46. The number of fused-ring (bicyclic) bond motifs is 1. The SMILES string of the molecule is CC(C)NCc1ccn(-c2cccc3cccnc23)n1. The molecule has 2 heterocycles. The highest BCUT2D eigenvalue weighted by atomic mass is 15.3. The van der Waals surface area contributed by atoms with Gasteiger partial charge in [-0.15, -0.1) is 0 Å². The number of nitrogens with one attached hydrogen (secondary N) is 1. The van der Waals surface area contributed by atoms with Gasteiger partial charge in [0.25, 0.3) is 0 Å². The second-order valence-corrected chi connectivity index (χ2v) is 5.14. The van der Waals surface area contributed by atoms with Gasteiger partial charge in [-0.1, -0.05) is 32.0 Å². The molecule has 0 spiro atoms. The molecule has 102 valence electrons. The van der Waals surface area contributed by atoms with E-state index in [0.29, 0.717) is 6.04 Å². The summed E-state index contributed by atoms with van der Waals surface area (Å²) < 4.78 is 1.90. The Morgan fingerprint density at radius 1 is 1.15 bits per heavy atom. The highest BCUT2D eigenvalue weighted by Crippen LogP contribution is 2.19. The van der Waals surface area contributed by atoms with Crippen molar-refractivity contribution in [2.24, 2.45) is 0 Å². The molecule has 1 N–H and O–H groups in total. The molecule has 0 aliphatic rings. The third-order valence-electron chi connectivity index (χ3n) is 3.19. The van der Waals surface area contributed by atoms with Gasteiger partial charge in [0.15, 0.2) is 0 Å². The summed E-state index contributed by atoms with van der Waals surface area (Å²) in [6.45, 7) is 5.04. The van der Waals surface area contributed by atoms with Gasteiger partial charge < -0.3 is 5.32 Å². The molecule has 0 bridgehead atoms. The van der Waals surface area contributed by atoms with E-state index < -0.39 is 0 Å². The largest absolute Gasteiger partial charge is 0.309 e. The molecule has 0 saturated heterocycles. The lowest BCUT2D eigenvalue weighted by Gasteiger charge is -2.06. The summed E-state index contributed by atoms with van der Waals surface area (Å²) in [5, 5.41) is 9.12. The van der Waals surface area contributed by atoms with Gasteiger partial charge in [0.2, 0.25) is 0 Å². The van der Waals surface area contributed by atoms with E-state index in [2.05, 4.69) is 41.4 Å². The first-order valence-corrected chi connectivity index (χ1v) is 6.86. The highest BCUT2D eigenvalue weighted by Gasteiger charge is 2.06. The van der Waals surface area contributed by atoms with Crippen LogP contribution in [0.15, 0.2) is 48.8 Å². The predicted molar refractivity (Wildman–Crippen MR) is 80.8 cm³/mol. The number of aromatic nitrogens is 3. The van der Waals surface area contributed by atoms with Crippen LogP contribution in [-0.4, -0.2) is 20.8 Å². The zero-order chi connectivity index (χ0) is 13.9. The molecule has 0 atom stereocenters. The molecule has 0 amide bonds. The minimum atomic E-state index is 0.458. The number of para-hydroxylation sites is 1. The number of hydrogen-bond donors (Lipinski definition) is 1. The van der Waals surface area contributed by atoms with Crippen LogP contribution in [0.25, 0.3) is 16.6 Å². The van der Waals surface area contributed by atoms with Crippen LogP contribution in [0.4, 0.5) is 0 Å². The van der Waals surface area contributed by atoms with E-state index in [1.807, 2.05) is 41.3 Å². The van der Waals surface area contributed by atoms with Crippen molar-refractivity contribution in [2.45, 2.75) is 26.4 Å². The Morgan fingerprint density at radius 3 is 2.85 bits per heavy atom. The zero-order valence-corrected chi connectivity index (χ0v) is 11.7. The number of nitrogens with zero attached hydrogens (tertiary/aromatic N) is 3. The first-order valence-electron chi connectivity index (χ1n) is 6.86. The Balaban J connectivity index is 1.95. The van der Waals surface area contributed by atoms with Gasteiger partial charge in [0.1, 0.15) is 0 Å². The summed E-state index contributed by atoms with van der Waals surface area (Å²) in [5.74, 6) is 0. The quantitative estimate of drug-likeness (QED) is 0.789. The van der Waals surface area contributed by atoms with Crippen molar-refractivity contribution in [3.63, 3.8) is 0 Å². The predicted octanol–water partition coefficient (Wildman–Crippen LogP) is 2.92. The second kappa shape index (κ2) is 5.43. The van der Waals surface area contributed by atoms with E-state index >= 15 is 0 Å². The summed E-state index contributed by atoms with van der Waals surface area (Å²) in [5.41, 5.74) is 3.02. The first-order chi connectivity index (χ1) is 9.74. The molecule has 0 unspecified atom stereocenters. The van der Waals surface area contributed by atoms with Crippen LogP contribution >= 0.6 is 0 Å². The Bertz CT molecular complexity index is 710. The summed E-state index contributed by atoms with van der Waals surface area (Å²) in [6, 6.07) is 12.7. The lowest BCUT2D eigenvalue weighted by molar-refractivity contribution is 0.578. The van der Waals surface area contributed by atoms with Gasteiger partial charge in [-0.3, -0.25) is 4.98 Å². The zero-order valence-electron chi connectivity index (χ0n) is 11.7. The van der Waals surface area contributed by atoms with Crippen molar-refractivity contribution >= 4 is 10.9 Å². The Kier molecular flexibility index (Phi) is 3.48. The molecule has 0 fully saturated rings. The Labute approximate surface area is 118 Å². The standard InChI is InChI=1S/C16H18N4/c1-12(2)18-11-14-8-10-20(19-14)15-7-3-5-13-6-4-9-17-16(13)15/h3-10,12,18H,11H2,1-2H3. The van der Waals surface area contributed by atoms with Gasteiger partial charge in [-0.25, -0.2) is 4.68 Å². The molecule has 0 radical (unpaired) electrons. The molecule has 4 nitrogen and oxygen atoms in total. The fraction of sp³-hybridized carbons (Fsp3) is 0.250. The van der Waals surface area contributed by atoms with E-state index in [-0.39, 0.29) is 0 Å². The molecule has 0 saturated carbocycles. The monoisotopic (exact) mass is 266 g/mol. The van der Waals surface area contributed by atoms with Crippen molar-refractivity contribution in [3.05, 3.63) is 54.5 Å². The molecule has 3 aromatic rings. The van der Waals surface area contributed by atoms with Crippen molar-refractivity contribution in [3.8, 4) is 5.69 Å². The van der Waals surface area contributed by atoms with Gasteiger partial charge >= 0.3 is 0 Å². The van der Waals surface area contributed by atoms with E-state index in [1.165, 1.54) is 0 Å². The van der Waals surface area contributed by atoms with Crippen LogP contribution < -0.4 is 5.32 Å². The van der Waals surface area contributed by atoms with Gasteiger partial charge in [-0.05, 0) is 18.2 Å². The Hall–Kier alpha value is -2.20. The van der Waals surface area contributed by atoms with Gasteiger partial charge in [0, 0.05) is 30.4 Å². The molecule has 4 heteroatoms. The third kappa shape index (κ3) is 2.56. The van der Waals surface area contributed by atoms with Gasteiger partial charge in [-0.2, -0.15) is 5.10 Å². The minimum absolute atomic E-state index is 0.458. The van der Waals surface area contributed by atoms with Crippen molar-refractivity contribution in [1.29, 1.82) is 0 Å². The first kappa shape index (κ1) is 12.8. The van der Waals surface area contributed by atoms with Crippen molar-refractivity contribution in [2.75, 3.05) is 0 Å². The molecular weight excluding hydrogens is 248 g/mol. The fourth-order valence-electron chi connectivity index (χ4n) is 2.17. The second-order valence-electron chi connectivity index (χ2n) is 5.14. The van der Waals surface area contributed by atoms with Crippen LogP contribution in [0, 0.1) is 0 Å². The maximum Gasteiger partial charge on any atom is 0.0958 e. The van der Waals surface area contributed by atoms with Gasteiger partial charge in [0.05, 0.1) is 16.9 Å². The Morgan fingerprint density at radius 2 is 2.00 bits per heavy atom. The lowest BCUT2D eigenvalue weighted by atomic mass is 10.2. The van der Waals surface area contributed by atoms with Crippen LogP contribution in [0.1, 0.15) is 19.5 Å². The van der Waals surface area contributed by atoms with E-state index in [4.69, 9.17) is 0 Å². The summed E-state index contributed by atoms with van der Waals surface area (Å²) in [7, 11) is 0. The molecule has 0 aliphatic heterocycles. The average Bonchev–Trinajstić information content (AvgIpc) is 2.93. The summed E-state index contributed by atoms with van der Waals surface area (Å²) in [6.07, 6.45) is 3.80. The molecule has 1 aromatic carbocycles. The lowest BCUT2D eigenvalue weighted by Crippen LogP contribution is -2.22. The highest BCUT2D eigenvalue weighted by molar-refractivity contribution is 5.86. The van der Waals surface area contributed by atoms with E-state index in [9.17, 15) is 0 Å². The van der Waals surface area contributed by atoms with E-state index in [0.717, 1.165) is 28.8 Å². The number of benzene rings is 1. The van der Waals surface area contributed by atoms with E-state index in [1.54, 1.807) is 0 Å². The maximum absolute atomic E-state index is 4.62. The topological polar surface area (TPSA) is 42.7 Å². The smallest absolute Gasteiger partial charge is 0.0958 e. The summed E-state index contributed by atoms with van der Waals surface area (Å²) >= 11 is 0. The number of pyridine rings is 1. The number of rotatable bonds is 4. The molecule has 2 aromatic heterocycles. The normalized spacial score (nSPS) is 11.3. The molecule has 3 rings (SSSR count). The third-order valence-corrected chi connectivity index (χ3v) is 3.19. The minimum Gasteiger partial charge on any atom is -0.309 e. The van der Waals surface area contributed by atoms with Crippen LogP contribution in [0.2, 0.25) is 0 Å². The molecule has 20 heavy (non-hydrogen) atoms. The van der Waals surface area contributed by atoms with Crippen LogP contribution in [0.3, 0.4) is 0 Å². The van der Waals surface area contributed by atoms with Crippen LogP contribution in [0.5, 0.6) is 0 Å². The fourth-order valence-corrected chi connectivity index (χ4v) is 2.17. The molecular formula is C16H18N4. The van der Waals surface area contributed by atoms with Crippen molar-refractivity contribution < 1.29 is 0 Å². The maximum atomic E-state index is 4.62.